The Labute approximate surface area is 187 Å². The summed E-state index contributed by atoms with van der Waals surface area (Å²) in [6.45, 7) is 0.959. The van der Waals surface area contributed by atoms with Gasteiger partial charge >= 0.3 is 0 Å². The highest BCUT2D eigenvalue weighted by Gasteiger charge is 2.19. The molecule has 0 spiro atoms. The maximum absolute atomic E-state index is 9.11. The topological polar surface area (TPSA) is 83.3 Å². The molecule has 2 aromatic carbocycles. The van der Waals surface area contributed by atoms with Gasteiger partial charge in [0, 0.05) is 55.6 Å². The number of likely N-dealkylation sites (N-methyl/N-ethyl adjacent to an activating group) is 1. The Kier molecular flexibility index (Phi) is 6.38. The molecule has 0 aliphatic carbocycles. The molecule has 8 nitrogen and oxygen atoms in total. The van der Waals surface area contributed by atoms with E-state index in [0.717, 1.165) is 34.6 Å². The van der Waals surface area contributed by atoms with Crippen LogP contribution in [0.1, 0.15) is 11.6 Å². The first-order chi connectivity index (χ1) is 15.6. The molecule has 1 N–H and O–H groups in total. The number of nitrogens with zero attached hydrogens (tertiary/aromatic N) is 5. The minimum Gasteiger partial charge on any atom is -0.497 e. The first-order valence-corrected chi connectivity index (χ1v) is 10.2. The molecule has 0 saturated heterocycles. The highest BCUT2D eigenvalue weighted by molar-refractivity contribution is 5.82. The largest absolute Gasteiger partial charge is 0.497 e. The van der Waals surface area contributed by atoms with Gasteiger partial charge in [0.2, 0.25) is 0 Å². The minimum atomic E-state index is -0.195. The van der Waals surface area contributed by atoms with Crippen molar-refractivity contribution in [2.24, 2.45) is 5.10 Å². The fourth-order valence-electron chi connectivity index (χ4n) is 3.57. The molecule has 1 aliphatic heterocycles. The molecule has 1 aliphatic rings. The van der Waals surface area contributed by atoms with E-state index in [9.17, 15) is 0 Å². The zero-order chi connectivity index (χ0) is 22.5. The highest BCUT2D eigenvalue weighted by atomic mass is 16.5. The number of benzene rings is 2. The summed E-state index contributed by atoms with van der Waals surface area (Å²) in [4.78, 5) is 11.5. The van der Waals surface area contributed by atoms with Gasteiger partial charge in [-0.1, -0.05) is 11.8 Å². The van der Waals surface area contributed by atoms with E-state index in [2.05, 4.69) is 21.9 Å². The average Bonchev–Trinajstić information content (AvgIpc) is 3.27. The molecule has 0 bridgehead atoms. The second-order valence-corrected chi connectivity index (χ2v) is 7.35. The molecule has 2 heterocycles. The molecule has 0 saturated carbocycles. The number of ether oxygens (including phenoxy) is 2. The van der Waals surface area contributed by atoms with Crippen LogP contribution in [0.25, 0.3) is 11.0 Å². The Morgan fingerprint density at radius 2 is 1.84 bits per heavy atom. The summed E-state index contributed by atoms with van der Waals surface area (Å²) in [6, 6.07) is 11.6. The Morgan fingerprint density at radius 3 is 2.50 bits per heavy atom. The summed E-state index contributed by atoms with van der Waals surface area (Å²) < 4.78 is 10.9. The van der Waals surface area contributed by atoms with Gasteiger partial charge in [-0.3, -0.25) is 9.99 Å². The molecule has 3 aromatic rings. The van der Waals surface area contributed by atoms with Crippen molar-refractivity contribution < 1.29 is 14.6 Å². The highest BCUT2D eigenvalue weighted by Crippen LogP contribution is 2.33. The number of aliphatic hydroxyl groups is 1. The number of anilines is 2. The molecule has 0 amide bonds. The van der Waals surface area contributed by atoms with Crippen LogP contribution < -0.4 is 14.4 Å². The fraction of sp³-hybridized carbons (Fsp3) is 0.292. The van der Waals surface area contributed by atoms with Crippen molar-refractivity contribution in [3.63, 3.8) is 0 Å². The third-order valence-corrected chi connectivity index (χ3v) is 5.23. The lowest BCUT2D eigenvalue weighted by atomic mass is 10.1. The molecule has 8 heteroatoms. The number of fused-ring (bicyclic) bond motifs is 1. The van der Waals surface area contributed by atoms with Crippen molar-refractivity contribution in [2.45, 2.75) is 5.92 Å². The molecule has 164 valence electrons. The standard InChI is InChI=1S/C24H25N5O3/c1-28-16-17(14-26-28)24-15-25-22-7-6-18(12-23(22)27-24)29(8-4-5-9-30)19-10-20(31-2)13-21(11-19)32-3/h6-7,10-15,17,30H,8-9,16H2,1-3H3. The summed E-state index contributed by atoms with van der Waals surface area (Å²) >= 11 is 0. The van der Waals surface area contributed by atoms with Crippen LogP contribution in [0.2, 0.25) is 0 Å². The van der Waals surface area contributed by atoms with Crippen molar-refractivity contribution in [3.05, 3.63) is 48.3 Å². The molecule has 4 rings (SSSR count). The lowest BCUT2D eigenvalue weighted by Crippen LogP contribution is -2.18. The monoisotopic (exact) mass is 431 g/mol. The molecule has 1 aromatic heterocycles. The van der Waals surface area contributed by atoms with E-state index in [4.69, 9.17) is 19.6 Å². The smallest absolute Gasteiger partial charge is 0.124 e. The molecular formula is C24H25N5O3. The van der Waals surface area contributed by atoms with Crippen LogP contribution in [0.5, 0.6) is 11.5 Å². The molecule has 1 unspecified atom stereocenters. The van der Waals surface area contributed by atoms with Gasteiger partial charge in [0.15, 0.2) is 0 Å². The van der Waals surface area contributed by atoms with E-state index in [1.807, 2.05) is 65.8 Å². The zero-order valence-corrected chi connectivity index (χ0v) is 18.3. The second kappa shape index (κ2) is 9.54. The van der Waals surface area contributed by atoms with Crippen molar-refractivity contribution in [3.8, 4) is 23.3 Å². The minimum absolute atomic E-state index is 0.120. The van der Waals surface area contributed by atoms with Crippen LogP contribution in [0, 0.1) is 11.8 Å². The molecule has 0 fully saturated rings. The molecule has 1 atom stereocenters. The summed E-state index contributed by atoms with van der Waals surface area (Å²) in [7, 11) is 5.17. The number of hydrazone groups is 1. The van der Waals surface area contributed by atoms with Crippen molar-refractivity contribution in [1.29, 1.82) is 0 Å². The van der Waals surface area contributed by atoms with E-state index >= 15 is 0 Å². The van der Waals surface area contributed by atoms with Gasteiger partial charge in [-0.05, 0) is 18.2 Å². The third-order valence-electron chi connectivity index (χ3n) is 5.23. The lowest BCUT2D eigenvalue weighted by molar-refractivity contribution is 0.350. The summed E-state index contributed by atoms with van der Waals surface area (Å²) in [5, 5.41) is 15.3. The Balaban J connectivity index is 1.76. The van der Waals surface area contributed by atoms with Gasteiger partial charge in [0.1, 0.15) is 18.1 Å². The van der Waals surface area contributed by atoms with E-state index in [1.54, 1.807) is 14.2 Å². The molecular weight excluding hydrogens is 406 g/mol. The van der Waals surface area contributed by atoms with E-state index < -0.39 is 0 Å². The van der Waals surface area contributed by atoms with Gasteiger partial charge in [-0.15, -0.1) is 0 Å². The summed E-state index contributed by atoms with van der Waals surface area (Å²) in [5.74, 6) is 7.19. The second-order valence-electron chi connectivity index (χ2n) is 7.35. The first kappa shape index (κ1) is 21.4. The van der Waals surface area contributed by atoms with Crippen molar-refractivity contribution in [1.82, 2.24) is 15.0 Å². The SMILES string of the molecule is COc1cc(OC)cc(N(CC#CCO)c2ccc3ncc(C4C=NN(C)C4)nc3c2)c1. The normalized spacial score (nSPS) is 14.9. The predicted molar refractivity (Wildman–Crippen MR) is 125 cm³/mol. The van der Waals surface area contributed by atoms with Crippen molar-refractivity contribution in [2.75, 3.05) is 45.9 Å². The predicted octanol–water partition coefficient (Wildman–Crippen LogP) is 2.80. The van der Waals surface area contributed by atoms with Gasteiger partial charge in [0.25, 0.3) is 0 Å². The van der Waals surface area contributed by atoms with Crippen LogP contribution in [-0.4, -0.2) is 67.3 Å². The van der Waals surface area contributed by atoms with Gasteiger partial charge in [0.05, 0.1) is 43.4 Å². The molecule has 0 radical (unpaired) electrons. The van der Waals surface area contributed by atoms with Crippen LogP contribution in [0.15, 0.2) is 47.7 Å². The van der Waals surface area contributed by atoms with E-state index in [1.165, 1.54) is 0 Å². The lowest BCUT2D eigenvalue weighted by Gasteiger charge is -2.24. The van der Waals surface area contributed by atoms with Crippen LogP contribution >= 0.6 is 0 Å². The van der Waals surface area contributed by atoms with Crippen LogP contribution in [0.4, 0.5) is 11.4 Å². The maximum atomic E-state index is 9.11. The van der Waals surface area contributed by atoms with E-state index in [0.29, 0.717) is 18.0 Å². The molecule has 32 heavy (non-hydrogen) atoms. The van der Waals surface area contributed by atoms with Gasteiger partial charge in [-0.2, -0.15) is 5.10 Å². The van der Waals surface area contributed by atoms with Crippen molar-refractivity contribution >= 4 is 28.6 Å². The van der Waals surface area contributed by atoms with Crippen LogP contribution in [-0.2, 0) is 0 Å². The summed E-state index contributed by atoms with van der Waals surface area (Å²) in [5.41, 5.74) is 4.23. The van der Waals surface area contributed by atoms with Gasteiger partial charge < -0.3 is 19.5 Å². The van der Waals surface area contributed by atoms with Crippen LogP contribution in [0.3, 0.4) is 0 Å². The van der Waals surface area contributed by atoms with Gasteiger partial charge in [-0.25, -0.2) is 4.98 Å². The number of hydrogen-bond donors (Lipinski definition) is 1. The Bertz CT molecular complexity index is 1180. The summed E-state index contributed by atoms with van der Waals surface area (Å²) in [6.07, 6.45) is 3.72. The average molecular weight is 431 g/mol. The maximum Gasteiger partial charge on any atom is 0.124 e. The van der Waals surface area contributed by atoms with E-state index in [-0.39, 0.29) is 12.5 Å². The number of aliphatic hydroxyl groups excluding tert-OH is 1. The Morgan fingerprint density at radius 1 is 1.06 bits per heavy atom. The quantitative estimate of drug-likeness (QED) is 0.601. The number of aromatic nitrogens is 2. The number of methoxy groups -OCH3 is 2. The number of hydrogen-bond acceptors (Lipinski definition) is 8. The fourth-order valence-corrected chi connectivity index (χ4v) is 3.57. The third kappa shape index (κ3) is 4.58. The first-order valence-electron chi connectivity index (χ1n) is 10.2. The zero-order valence-electron chi connectivity index (χ0n) is 18.3. The Hall–Kier alpha value is -3.83. The number of rotatable bonds is 6.